The number of rotatable bonds is 5. The van der Waals surface area contributed by atoms with E-state index >= 15 is 0 Å². The van der Waals surface area contributed by atoms with Crippen molar-refractivity contribution in [1.82, 2.24) is 10.2 Å². The smallest absolute Gasteiger partial charge is 0.293 e. The molecular weight excluding hydrogens is 567 g/mol. The summed E-state index contributed by atoms with van der Waals surface area (Å²) in [6.07, 6.45) is 0. The summed E-state index contributed by atoms with van der Waals surface area (Å²) in [5.41, 5.74) is 4.16. The summed E-state index contributed by atoms with van der Waals surface area (Å²) in [5, 5.41) is 6.73. The third kappa shape index (κ3) is 6.31. The van der Waals surface area contributed by atoms with Gasteiger partial charge in [0.05, 0.1) is 5.02 Å². The van der Waals surface area contributed by atoms with Crippen LogP contribution in [0, 0.1) is 6.92 Å². The van der Waals surface area contributed by atoms with Crippen molar-refractivity contribution in [3.63, 3.8) is 0 Å². The van der Waals surface area contributed by atoms with Crippen LogP contribution < -0.4 is 15.5 Å². The largest absolute Gasteiger partial charge is 0.451 e. The Hall–Kier alpha value is -3.85. The molecule has 0 radical (unpaired) electrons. The summed E-state index contributed by atoms with van der Waals surface area (Å²) in [4.78, 5) is 29.7. The molecule has 1 saturated heterocycles. The zero-order valence-electron chi connectivity index (χ0n) is 21.6. The van der Waals surface area contributed by atoms with E-state index in [1.54, 1.807) is 30.3 Å². The number of aryl methyl sites for hydroxylation is 1. The first-order valence-corrected chi connectivity index (χ1v) is 13.8. The van der Waals surface area contributed by atoms with E-state index in [2.05, 4.69) is 15.5 Å². The molecule has 0 bridgehead atoms. The molecule has 0 spiro atoms. The molecule has 0 aliphatic carbocycles. The van der Waals surface area contributed by atoms with Crippen LogP contribution in [-0.4, -0.2) is 48.0 Å². The highest BCUT2D eigenvalue weighted by Crippen LogP contribution is 2.31. The van der Waals surface area contributed by atoms with Crippen molar-refractivity contribution in [3.05, 3.63) is 106 Å². The maximum Gasteiger partial charge on any atom is 0.293 e. The van der Waals surface area contributed by atoms with Crippen molar-refractivity contribution in [2.75, 3.05) is 36.4 Å². The monoisotopic (exact) mass is 592 g/mol. The number of thiocarbonyl (C=S) groups is 1. The van der Waals surface area contributed by atoms with Crippen LogP contribution >= 0.6 is 35.4 Å². The highest BCUT2D eigenvalue weighted by atomic mass is 35.5. The fourth-order valence-corrected chi connectivity index (χ4v) is 5.24. The predicted molar refractivity (Wildman–Crippen MR) is 164 cm³/mol. The fraction of sp³-hybridized carbons (Fsp3) is 0.167. The molecule has 0 atom stereocenters. The first kappa shape index (κ1) is 27.7. The van der Waals surface area contributed by atoms with Crippen LogP contribution in [0.2, 0.25) is 10.0 Å². The van der Waals surface area contributed by atoms with Gasteiger partial charge in [0.2, 0.25) is 0 Å². The Balaban J connectivity index is 1.13. The van der Waals surface area contributed by atoms with Gasteiger partial charge in [-0.05, 0) is 85.4 Å². The van der Waals surface area contributed by atoms with Crippen LogP contribution in [0.15, 0.2) is 83.3 Å². The molecular formula is C30H26Cl2N4O3S. The van der Waals surface area contributed by atoms with Crippen molar-refractivity contribution in [2.45, 2.75) is 6.92 Å². The average molecular weight is 594 g/mol. The van der Waals surface area contributed by atoms with E-state index in [4.69, 9.17) is 39.8 Å². The lowest BCUT2D eigenvalue weighted by molar-refractivity contribution is 0.0746. The SMILES string of the molecule is Cc1ccccc1C(=O)N1CCN(c2ccc(NC(=S)NC(=O)c3ccc(-c4ccc(Cl)cc4Cl)o3)cc2)CC1. The number of amides is 2. The Morgan fingerprint density at radius 2 is 1.62 bits per heavy atom. The maximum absolute atomic E-state index is 12.9. The number of furan rings is 1. The minimum atomic E-state index is -0.483. The average Bonchev–Trinajstić information content (AvgIpc) is 3.44. The summed E-state index contributed by atoms with van der Waals surface area (Å²) in [5.74, 6) is 0.137. The predicted octanol–water partition coefficient (Wildman–Crippen LogP) is 6.65. The van der Waals surface area contributed by atoms with Gasteiger partial charge in [-0.3, -0.25) is 14.9 Å². The highest BCUT2D eigenvalue weighted by molar-refractivity contribution is 7.80. The second-order valence-electron chi connectivity index (χ2n) is 9.34. The second-order valence-corrected chi connectivity index (χ2v) is 10.6. The van der Waals surface area contributed by atoms with E-state index in [1.807, 2.05) is 60.4 Å². The van der Waals surface area contributed by atoms with E-state index in [0.717, 1.165) is 35.6 Å². The normalized spacial score (nSPS) is 13.2. The molecule has 1 aliphatic heterocycles. The number of nitrogens with zero attached hydrogens (tertiary/aromatic N) is 2. The Labute approximate surface area is 247 Å². The summed E-state index contributed by atoms with van der Waals surface area (Å²) in [7, 11) is 0. The molecule has 40 heavy (non-hydrogen) atoms. The lowest BCUT2D eigenvalue weighted by Crippen LogP contribution is -2.48. The van der Waals surface area contributed by atoms with Crippen LogP contribution in [0.4, 0.5) is 11.4 Å². The summed E-state index contributed by atoms with van der Waals surface area (Å²) >= 11 is 17.5. The van der Waals surface area contributed by atoms with Gasteiger partial charge in [-0.15, -0.1) is 0 Å². The molecule has 204 valence electrons. The van der Waals surface area contributed by atoms with Gasteiger partial charge in [-0.25, -0.2) is 0 Å². The van der Waals surface area contributed by atoms with Crippen molar-refractivity contribution in [3.8, 4) is 11.3 Å². The van der Waals surface area contributed by atoms with Gasteiger partial charge in [0, 0.05) is 53.7 Å². The Morgan fingerprint density at radius 3 is 2.33 bits per heavy atom. The zero-order valence-corrected chi connectivity index (χ0v) is 23.9. The number of carbonyl (C=O) groups is 2. The highest BCUT2D eigenvalue weighted by Gasteiger charge is 2.23. The fourth-order valence-electron chi connectivity index (χ4n) is 4.53. The first-order valence-electron chi connectivity index (χ1n) is 12.7. The van der Waals surface area contributed by atoms with Gasteiger partial charge in [-0.1, -0.05) is 41.4 Å². The van der Waals surface area contributed by atoms with Gasteiger partial charge in [0.25, 0.3) is 11.8 Å². The van der Waals surface area contributed by atoms with E-state index in [-0.39, 0.29) is 16.8 Å². The standard InChI is InChI=1S/C30H26Cl2N4O3S/c1-19-4-2-3-5-23(19)29(38)36-16-14-35(15-17-36)22-9-7-21(8-10-22)33-30(40)34-28(37)27-13-12-26(39-27)24-11-6-20(31)18-25(24)32/h2-13,18H,14-17H2,1H3,(H2,33,34,37,40). The van der Waals surface area contributed by atoms with Crippen LogP contribution in [0.5, 0.6) is 0 Å². The molecule has 0 unspecified atom stereocenters. The van der Waals surface area contributed by atoms with Gasteiger partial charge in [0.15, 0.2) is 10.9 Å². The number of benzene rings is 3. The maximum atomic E-state index is 12.9. The Bertz CT molecular complexity index is 1560. The molecule has 10 heteroatoms. The summed E-state index contributed by atoms with van der Waals surface area (Å²) in [6.45, 7) is 4.75. The van der Waals surface area contributed by atoms with Crippen molar-refractivity contribution in [2.24, 2.45) is 0 Å². The first-order chi connectivity index (χ1) is 19.3. The third-order valence-corrected chi connectivity index (χ3v) is 7.44. The molecule has 5 rings (SSSR count). The van der Waals surface area contributed by atoms with E-state index in [1.165, 1.54) is 0 Å². The van der Waals surface area contributed by atoms with Gasteiger partial charge in [0.1, 0.15) is 5.76 Å². The number of hydrogen-bond acceptors (Lipinski definition) is 5. The van der Waals surface area contributed by atoms with Gasteiger partial charge < -0.3 is 19.5 Å². The number of nitrogens with one attached hydrogen (secondary N) is 2. The molecule has 3 aromatic carbocycles. The topological polar surface area (TPSA) is 77.8 Å². The van der Waals surface area contributed by atoms with Gasteiger partial charge in [-0.2, -0.15) is 0 Å². The van der Waals surface area contributed by atoms with E-state index in [9.17, 15) is 9.59 Å². The van der Waals surface area contributed by atoms with Gasteiger partial charge >= 0.3 is 0 Å². The molecule has 1 aromatic heterocycles. The van der Waals surface area contributed by atoms with Crippen LogP contribution in [0.3, 0.4) is 0 Å². The minimum absolute atomic E-state index is 0.0763. The number of carbonyl (C=O) groups excluding carboxylic acids is 2. The second kappa shape index (κ2) is 12.1. The number of hydrogen-bond donors (Lipinski definition) is 2. The quantitative estimate of drug-likeness (QED) is 0.253. The third-order valence-electron chi connectivity index (χ3n) is 6.69. The lowest BCUT2D eigenvalue weighted by atomic mass is 10.1. The van der Waals surface area contributed by atoms with E-state index in [0.29, 0.717) is 34.5 Å². The Morgan fingerprint density at radius 1 is 0.900 bits per heavy atom. The van der Waals surface area contributed by atoms with Crippen LogP contribution in [0.1, 0.15) is 26.5 Å². The molecule has 2 heterocycles. The summed E-state index contributed by atoms with van der Waals surface area (Å²) < 4.78 is 5.68. The number of anilines is 2. The molecule has 2 amide bonds. The number of halogens is 2. The molecule has 0 saturated carbocycles. The minimum Gasteiger partial charge on any atom is -0.451 e. The van der Waals surface area contributed by atoms with Crippen LogP contribution in [0.25, 0.3) is 11.3 Å². The lowest BCUT2D eigenvalue weighted by Gasteiger charge is -2.36. The zero-order chi connectivity index (χ0) is 28.2. The Kier molecular flexibility index (Phi) is 8.40. The van der Waals surface area contributed by atoms with Crippen molar-refractivity contribution in [1.29, 1.82) is 0 Å². The molecule has 4 aromatic rings. The van der Waals surface area contributed by atoms with Crippen molar-refractivity contribution >= 4 is 63.7 Å². The molecule has 2 N–H and O–H groups in total. The van der Waals surface area contributed by atoms with Crippen molar-refractivity contribution < 1.29 is 14.0 Å². The van der Waals surface area contributed by atoms with Crippen LogP contribution in [-0.2, 0) is 0 Å². The van der Waals surface area contributed by atoms with E-state index < -0.39 is 5.91 Å². The molecule has 1 aliphatic rings. The summed E-state index contributed by atoms with van der Waals surface area (Å²) in [6, 6.07) is 23.7. The molecule has 7 nitrogen and oxygen atoms in total. The number of piperazine rings is 1. The molecule has 1 fully saturated rings.